The molecule has 0 aromatic carbocycles. The molecule has 5 fully saturated rings. The van der Waals surface area contributed by atoms with Gasteiger partial charge < -0.3 is 0 Å². The number of ketones is 1. The highest BCUT2D eigenvalue weighted by Crippen LogP contribution is 2.72. The number of aromatic nitrogens is 2. The summed E-state index contributed by atoms with van der Waals surface area (Å²) < 4.78 is 1.68. The number of nitriles is 1. The molecule has 1 aromatic heterocycles. The fraction of sp³-hybridized carbons (Fsp3) is 0.815. The first-order chi connectivity index (χ1) is 14.9. The lowest BCUT2D eigenvalue weighted by Gasteiger charge is -2.58. The molecule has 4 heteroatoms. The van der Waals surface area contributed by atoms with Crippen molar-refractivity contribution in [3.8, 4) is 6.07 Å². The molecule has 1 aromatic rings. The highest BCUT2D eigenvalue weighted by molar-refractivity contribution is 5.82. The molecule has 6 rings (SSSR count). The number of rotatable bonds is 3. The summed E-state index contributed by atoms with van der Waals surface area (Å²) in [5.74, 6) is 5.97. The van der Waals surface area contributed by atoms with Crippen LogP contribution in [0.15, 0.2) is 12.4 Å². The zero-order chi connectivity index (χ0) is 21.4. The molecule has 1 spiro atoms. The van der Waals surface area contributed by atoms with Crippen molar-refractivity contribution in [2.24, 2.45) is 52.3 Å². The molecule has 0 aliphatic heterocycles. The second kappa shape index (κ2) is 6.93. The Labute approximate surface area is 186 Å². The second-order valence-corrected chi connectivity index (χ2v) is 12.4. The van der Waals surface area contributed by atoms with Crippen molar-refractivity contribution in [2.75, 3.05) is 0 Å². The third-order valence-corrected chi connectivity index (χ3v) is 10.9. The third kappa shape index (κ3) is 2.98. The fourth-order valence-corrected chi connectivity index (χ4v) is 9.77. The molecule has 31 heavy (non-hydrogen) atoms. The summed E-state index contributed by atoms with van der Waals surface area (Å²) >= 11 is 0. The summed E-state index contributed by atoms with van der Waals surface area (Å²) in [5, 5.41) is 13.3. The van der Waals surface area contributed by atoms with Gasteiger partial charge in [0.15, 0.2) is 5.78 Å². The van der Waals surface area contributed by atoms with Gasteiger partial charge in [-0.3, -0.25) is 9.48 Å². The summed E-state index contributed by atoms with van der Waals surface area (Å²) in [6.07, 6.45) is 17.0. The van der Waals surface area contributed by atoms with Gasteiger partial charge >= 0.3 is 0 Å². The van der Waals surface area contributed by atoms with E-state index in [-0.39, 0.29) is 11.3 Å². The number of Topliss-reactive ketones (excluding diaryl/α,β-unsaturated/α-hetero) is 1. The number of carbonyl (C=O) groups excluding carboxylic acids is 1. The molecule has 4 nitrogen and oxygen atoms in total. The van der Waals surface area contributed by atoms with Gasteiger partial charge in [-0.1, -0.05) is 13.8 Å². The lowest BCUT2D eigenvalue weighted by Crippen LogP contribution is -2.52. The number of fused-ring (bicyclic) bond motifs is 6. The van der Waals surface area contributed by atoms with Gasteiger partial charge in [0.25, 0.3) is 0 Å². The Morgan fingerprint density at radius 2 is 2.03 bits per heavy atom. The van der Waals surface area contributed by atoms with Crippen LogP contribution in [-0.2, 0) is 11.3 Å². The molecule has 166 valence electrons. The van der Waals surface area contributed by atoms with Crippen LogP contribution in [-0.4, -0.2) is 15.6 Å². The van der Waals surface area contributed by atoms with Gasteiger partial charge in [0, 0.05) is 12.1 Å². The van der Waals surface area contributed by atoms with Crippen molar-refractivity contribution in [1.29, 1.82) is 5.26 Å². The number of nitrogens with zero attached hydrogens (tertiary/aromatic N) is 3. The minimum atomic E-state index is 0.173. The van der Waals surface area contributed by atoms with Crippen LogP contribution in [0.2, 0.25) is 0 Å². The normalized spacial score (nSPS) is 44.7. The minimum Gasteiger partial charge on any atom is -0.297 e. The van der Waals surface area contributed by atoms with Crippen molar-refractivity contribution >= 4 is 5.78 Å². The summed E-state index contributed by atoms with van der Waals surface area (Å²) in [5.41, 5.74) is 1.43. The van der Waals surface area contributed by atoms with Crippen molar-refractivity contribution in [3.63, 3.8) is 0 Å². The highest BCUT2D eigenvalue weighted by atomic mass is 16.1. The van der Waals surface area contributed by atoms with Gasteiger partial charge in [0.2, 0.25) is 0 Å². The Morgan fingerprint density at radius 1 is 1.19 bits per heavy atom. The number of hydrogen-bond acceptors (Lipinski definition) is 3. The van der Waals surface area contributed by atoms with Crippen molar-refractivity contribution in [1.82, 2.24) is 9.78 Å². The van der Waals surface area contributed by atoms with Crippen LogP contribution in [0.25, 0.3) is 0 Å². The van der Waals surface area contributed by atoms with E-state index >= 15 is 0 Å². The van der Waals surface area contributed by atoms with Crippen molar-refractivity contribution in [2.45, 2.75) is 84.6 Å². The number of carbonyl (C=O) groups is 1. The smallest absolute Gasteiger partial charge is 0.157 e. The molecule has 0 amide bonds. The predicted octanol–water partition coefficient (Wildman–Crippen LogP) is 5.62. The van der Waals surface area contributed by atoms with E-state index in [0.29, 0.717) is 23.3 Å². The minimum absolute atomic E-state index is 0.173. The van der Waals surface area contributed by atoms with E-state index < -0.39 is 0 Å². The quantitative estimate of drug-likeness (QED) is 0.639. The molecule has 0 radical (unpaired) electrons. The summed E-state index contributed by atoms with van der Waals surface area (Å²) in [6.45, 7) is 5.29. The maximum Gasteiger partial charge on any atom is 0.157 e. The Kier molecular flexibility index (Phi) is 4.47. The molecule has 5 aliphatic carbocycles. The zero-order valence-corrected chi connectivity index (χ0v) is 19.2. The summed E-state index contributed by atoms with van der Waals surface area (Å²) in [7, 11) is 0. The van der Waals surface area contributed by atoms with E-state index in [4.69, 9.17) is 5.26 Å². The zero-order valence-electron chi connectivity index (χ0n) is 19.2. The maximum absolute atomic E-state index is 13.4. The van der Waals surface area contributed by atoms with Crippen LogP contribution in [0, 0.1) is 63.6 Å². The largest absolute Gasteiger partial charge is 0.297 e. The lowest BCUT2D eigenvalue weighted by molar-refractivity contribution is -0.133. The van der Waals surface area contributed by atoms with Gasteiger partial charge in [-0.15, -0.1) is 0 Å². The second-order valence-electron chi connectivity index (χ2n) is 12.4. The molecular formula is C27H37N3O. The molecule has 5 saturated carbocycles. The molecule has 0 N–H and O–H groups in total. The maximum atomic E-state index is 13.4. The standard InChI is InChI=1S/C27H37N3O/c1-17-11-19-3-4-20-21(25(19)27(12-17)9-10-27)7-8-26(2)22(20)5-6-23(26)24(31)16-30-15-18(13-28)14-29-30/h14-15,17,19-23,25H,3-12,16H2,1-2H3/t17-,19-,20-,21+,22+,23-,25+,26+/m1/s1. The van der Waals surface area contributed by atoms with E-state index in [1.165, 1.54) is 57.8 Å². The third-order valence-electron chi connectivity index (χ3n) is 10.9. The monoisotopic (exact) mass is 419 g/mol. The molecular weight excluding hydrogens is 382 g/mol. The lowest BCUT2D eigenvalue weighted by atomic mass is 9.46. The number of hydrogen-bond donors (Lipinski definition) is 0. The van der Waals surface area contributed by atoms with Crippen LogP contribution in [0.4, 0.5) is 0 Å². The molecule has 5 aliphatic rings. The van der Waals surface area contributed by atoms with E-state index in [9.17, 15) is 4.79 Å². The SMILES string of the molecule is C[C@@H]1C[C@H]2CC[C@@H]3[C@H](CC[C@]4(C)[C@@H](C(=O)Cn5cc(C#N)cn5)CC[C@@H]34)[C@H]2C2(CC2)C1. The Morgan fingerprint density at radius 3 is 2.77 bits per heavy atom. The van der Waals surface area contributed by atoms with E-state index in [2.05, 4.69) is 25.0 Å². The Hall–Kier alpha value is -1.63. The van der Waals surface area contributed by atoms with Crippen LogP contribution in [0.3, 0.4) is 0 Å². The van der Waals surface area contributed by atoms with Crippen molar-refractivity contribution < 1.29 is 4.79 Å². The summed E-state index contributed by atoms with van der Waals surface area (Å²) in [4.78, 5) is 13.4. The van der Waals surface area contributed by atoms with E-state index in [1.807, 2.05) is 0 Å². The first kappa shape index (κ1) is 20.0. The van der Waals surface area contributed by atoms with E-state index in [0.717, 1.165) is 41.9 Å². The average molecular weight is 420 g/mol. The van der Waals surface area contributed by atoms with Crippen molar-refractivity contribution in [3.05, 3.63) is 18.0 Å². The van der Waals surface area contributed by atoms with Crippen LogP contribution < -0.4 is 0 Å². The molecule has 0 saturated heterocycles. The van der Waals surface area contributed by atoms with Gasteiger partial charge in [0.05, 0.1) is 18.3 Å². The average Bonchev–Trinajstić information content (AvgIpc) is 3.19. The predicted molar refractivity (Wildman–Crippen MR) is 119 cm³/mol. The van der Waals surface area contributed by atoms with Crippen LogP contribution in [0.1, 0.15) is 83.6 Å². The summed E-state index contributed by atoms with van der Waals surface area (Å²) in [6, 6.07) is 2.12. The first-order valence-corrected chi connectivity index (χ1v) is 12.9. The first-order valence-electron chi connectivity index (χ1n) is 12.9. The Balaban J connectivity index is 1.21. The molecule has 0 bridgehead atoms. The highest BCUT2D eigenvalue weighted by Gasteiger charge is 2.64. The van der Waals surface area contributed by atoms with Gasteiger partial charge in [-0.2, -0.15) is 10.4 Å². The fourth-order valence-electron chi connectivity index (χ4n) is 9.77. The van der Waals surface area contributed by atoms with E-state index in [1.54, 1.807) is 17.1 Å². The van der Waals surface area contributed by atoms with Gasteiger partial charge in [-0.25, -0.2) is 0 Å². The topological polar surface area (TPSA) is 58.7 Å². The molecule has 1 heterocycles. The van der Waals surface area contributed by atoms with Gasteiger partial charge in [-0.05, 0) is 111 Å². The molecule has 0 unspecified atom stereocenters. The van der Waals surface area contributed by atoms with Crippen LogP contribution >= 0.6 is 0 Å². The van der Waals surface area contributed by atoms with Gasteiger partial charge in [0.1, 0.15) is 6.07 Å². The Bertz CT molecular complexity index is 923. The molecule has 8 atom stereocenters. The van der Waals surface area contributed by atoms with Crippen LogP contribution in [0.5, 0.6) is 0 Å².